The smallest absolute Gasteiger partial charge is 0.325 e. The van der Waals surface area contributed by atoms with Crippen LogP contribution in [0.15, 0.2) is 0 Å². The van der Waals surface area contributed by atoms with E-state index in [-0.39, 0.29) is 12.5 Å². The molecule has 106 valence electrons. The second-order valence-corrected chi connectivity index (χ2v) is 5.50. The van der Waals surface area contributed by atoms with E-state index in [0.717, 1.165) is 4.90 Å². The maximum absolute atomic E-state index is 11.9. The number of carbonyl (C=O) groups is 3. The van der Waals surface area contributed by atoms with Crippen molar-refractivity contribution in [2.45, 2.75) is 25.8 Å². The summed E-state index contributed by atoms with van der Waals surface area (Å²) in [6.07, 6.45) is 0.406. The van der Waals surface area contributed by atoms with E-state index in [2.05, 4.69) is 5.32 Å². The summed E-state index contributed by atoms with van der Waals surface area (Å²) in [5.74, 6) is -0.744. The number of rotatable bonds is 5. The number of carbonyl (C=O) groups excluding carboxylic acids is 3. The predicted octanol–water partition coefficient (Wildman–Crippen LogP) is -0.549. The van der Waals surface area contributed by atoms with E-state index in [1.54, 1.807) is 20.9 Å². The molecule has 0 atom stereocenters. The lowest BCUT2D eigenvalue weighted by molar-refractivity contribution is -0.137. The van der Waals surface area contributed by atoms with Crippen molar-refractivity contribution < 1.29 is 14.4 Å². The summed E-state index contributed by atoms with van der Waals surface area (Å²) < 4.78 is 0. The van der Waals surface area contributed by atoms with Gasteiger partial charge in [0.05, 0.1) is 4.99 Å². The fourth-order valence-electron chi connectivity index (χ4n) is 1.62. The molecule has 1 aliphatic heterocycles. The fourth-order valence-corrected chi connectivity index (χ4v) is 1.71. The van der Waals surface area contributed by atoms with Gasteiger partial charge in [-0.2, -0.15) is 0 Å². The van der Waals surface area contributed by atoms with E-state index in [4.69, 9.17) is 18.0 Å². The van der Waals surface area contributed by atoms with Crippen LogP contribution in [0.2, 0.25) is 0 Å². The zero-order chi connectivity index (χ0) is 14.8. The van der Waals surface area contributed by atoms with E-state index in [9.17, 15) is 14.4 Å². The molecule has 4 amide bonds. The average Bonchev–Trinajstić information content (AvgIpc) is 2.48. The predicted molar refractivity (Wildman–Crippen MR) is 73.4 cm³/mol. The highest BCUT2D eigenvalue weighted by atomic mass is 32.1. The molecule has 8 heteroatoms. The van der Waals surface area contributed by atoms with Crippen LogP contribution in [0.5, 0.6) is 0 Å². The molecule has 1 saturated heterocycles. The van der Waals surface area contributed by atoms with Crippen LogP contribution < -0.4 is 11.1 Å². The van der Waals surface area contributed by atoms with E-state index >= 15 is 0 Å². The molecule has 0 unspecified atom stereocenters. The van der Waals surface area contributed by atoms with Gasteiger partial charge in [0.25, 0.3) is 5.91 Å². The van der Waals surface area contributed by atoms with Gasteiger partial charge in [0.15, 0.2) is 0 Å². The zero-order valence-electron chi connectivity index (χ0n) is 11.2. The molecule has 7 nitrogen and oxygen atoms in total. The lowest BCUT2D eigenvalue weighted by Crippen LogP contribution is -2.44. The standard InChI is InChI=1S/C11H18N4O3S/c1-11(2)9(17)15(10(18)13-11)6-8(16)14(3)5-4-7(12)19/h4-6H2,1-3H3,(H2,12,19)(H,13,18). The first-order chi connectivity index (χ1) is 8.65. The van der Waals surface area contributed by atoms with Gasteiger partial charge in [-0.05, 0) is 13.8 Å². The second kappa shape index (κ2) is 5.52. The molecule has 3 N–H and O–H groups in total. The Balaban J connectivity index is 2.60. The van der Waals surface area contributed by atoms with Gasteiger partial charge < -0.3 is 16.0 Å². The molecule has 19 heavy (non-hydrogen) atoms. The van der Waals surface area contributed by atoms with E-state index < -0.39 is 17.5 Å². The van der Waals surface area contributed by atoms with Crippen LogP contribution in [0.3, 0.4) is 0 Å². The third-order valence-corrected chi connectivity index (χ3v) is 3.06. The minimum atomic E-state index is -0.964. The molecule has 0 bridgehead atoms. The Morgan fingerprint density at radius 1 is 1.47 bits per heavy atom. The highest BCUT2D eigenvalue weighted by Gasteiger charge is 2.45. The van der Waals surface area contributed by atoms with Crippen LogP contribution in [0.1, 0.15) is 20.3 Å². The Morgan fingerprint density at radius 2 is 2.05 bits per heavy atom. The van der Waals surface area contributed by atoms with Crippen molar-refractivity contribution in [3.05, 3.63) is 0 Å². The largest absolute Gasteiger partial charge is 0.393 e. The van der Waals surface area contributed by atoms with Gasteiger partial charge in [-0.25, -0.2) is 4.79 Å². The minimum Gasteiger partial charge on any atom is -0.393 e. The quantitative estimate of drug-likeness (QED) is 0.522. The summed E-state index contributed by atoms with van der Waals surface area (Å²) in [6.45, 7) is 3.27. The number of nitrogens with two attached hydrogens (primary N) is 1. The van der Waals surface area contributed by atoms with Gasteiger partial charge in [-0.3, -0.25) is 14.5 Å². The van der Waals surface area contributed by atoms with Gasteiger partial charge in [-0.15, -0.1) is 0 Å². The van der Waals surface area contributed by atoms with Crippen LogP contribution in [0, 0.1) is 0 Å². The summed E-state index contributed by atoms with van der Waals surface area (Å²) >= 11 is 4.72. The summed E-state index contributed by atoms with van der Waals surface area (Å²) in [6, 6.07) is -0.550. The Bertz CT molecular complexity index is 436. The van der Waals surface area contributed by atoms with Gasteiger partial charge in [-0.1, -0.05) is 12.2 Å². The van der Waals surface area contributed by atoms with Gasteiger partial charge >= 0.3 is 6.03 Å². The highest BCUT2D eigenvalue weighted by molar-refractivity contribution is 7.80. The number of imide groups is 1. The van der Waals surface area contributed by atoms with Crippen molar-refractivity contribution >= 4 is 35.1 Å². The molecule has 1 heterocycles. The molecular weight excluding hydrogens is 268 g/mol. The number of hydrogen-bond acceptors (Lipinski definition) is 4. The Kier molecular flexibility index (Phi) is 4.46. The third kappa shape index (κ3) is 3.63. The molecule has 0 radical (unpaired) electrons. The molecule has 0 aromatic carbocycles. The van der Waals surface area contributed by atoms with Gasteiger partial charge in [0, 0.05) is 20.0 Å². The second-order valence-electron chi connectivity index (χ2n) is 4.98. The minimum absolute atomic E-state index is 0.276. The number of thiocarbonyl (C=S) groups is 1. The number of nitrogens with zero attached hydrogens (tertiary/aromatic N) is 2. The molecule has 0 aliphatic carbocycles. The highest BCUT2D eigenvalue weighted by Crippen LogP contribution is 2.16. The zero-order valence-corrected chi connectivity index (χ0v) is 12.0. The van der Waals surface area contributed by atoms with Crippen LogP contribution in [0.4, 0.5) is 4.79 Å². The van der Waals surface area contributed by atoms with Crippen LogP contribution in [-0.4, -0.2) is 58.3 Å². The van der Waals surface area contributed by atoms with Crippen molar-refractivity contribution in [1.82, 2.24) is 15.1 Å². The molecule has 1 rings (SSSR count). The Hall–Kier alpha value is -1.70. The lowest BCUT2D eigenvalue weighted by Gasteiger charge is -2.20. The fraction of sp³-hybridized carbons (Fsp3) is 0.636. The van der Waals surface area contributed by atoms with E-state index in [1.807, 2.05) is 0 Å². The van der Waals surface area contributed by atoms with E-state index in [1.165, 1.54) is 4.90 Å². The van der Waals surface area contributed by atoms with Crippen molar-refractivity contribution in [3.8, 4) is 0 Å². The molecule has 1 aliphatic rings. The number of likely N-dealkylation sites (N-methyl/N-ethyl adjacent to an activating group) is 1. The summed E-state index contributed by atoms with van der Waals surface area (Å²) in [5.41, 5.74) is 4.39. The molecule has 0 aromatic heterocycles. The van der Waals surface area contributed by atoms with Crippen LogP contribution in [-0.2, 0) is 9.59 Å². The molecule has 1 fully saturated rings. The van der Waals surface area contributed by atoms with Gasteiger partial charge in [0.1, 0.15) is 12.1 Å². The maximum Gasteiger partial charge on any atom is 0.325 e. The SMILES string of the molecule is CN(CCC(N)=S)C(=O)CN1C(=O)NC(C)(C)C1=O. The first kappa shape index (κ1) is 15.4. The van der Waals surface area contributed by atoms with Crippen molar-refractivity contribution in [3.63, 3.8) is 0 Å². The number of amides is 4. The molecule has 0 saturated carbocycles. The first-order valence-electron chi connectivity index (χ1n) is 5.81. The summed E-state index contributed by atoms with van der Waals surface area (Å²) in [7, 11) is 1.57. The first-order valence-corrected chi connectivity index (χ1v) is 6.22. The molecular formula is C11H18N4O3S. The van der Waals surface area contributed by atoms with Crippen molar-refractivity contribution in [2.75, 3.05) is 20.1 Å². The summed E-state index contributed by atoms with van der Waals surface area (Å²) in [4.78, 5) is 38.0. The van der Waals surface area contributed by atoms with E-state index in [0.29, 0.717) is 18.0 Å². The van der Waals surface area contributed by atoms with Crippen molar-refractivity contribution in [2.24, 2.45) is 5.73 Å². The Labute approximate surface area is 117 Å². The lowest BCUT2D eigenvalue weighted by atomic mass is 10.1. The average molecular weight is 286 g/mol. The third-order valence-electron chi connectivity index (χ3n) is 2.86. The number of urea groups is 1. The van der Waals surface area contributed by atoms with Crippen LogP contribution in [0.25, 0.3) is 0 Å². The normalized spacial score (nSPS) is 17.3. The summed E-state index contributed by atoms with van der Waals surface area (Å²) in [5, 5.41) is 2.51. The van der Waals surface area contributed by atoms with Crippen LogP contribution >= 0.6 is 12.2 Å². The topological polar surface area (TPSA) is 95.7 Å². The number of nitrogens with one attached hydrogen (secondary N) is 1. The monoisotopic (exact) mass is 286 g/mol. The molecule has 0 aromatic rings. The van der Waals surface area contributed by atoms with Crippen molar-refractivity contribution in [1.29, 1.82) is 0 Å². The van der Waals surface area contributed by atoms with Gasteiger partial charge in [0.2, 0.25) is 5.91 Å². The molecule has 0 spiro atoms. The number of hydrogen-bond donors (Lipinski definition) is 2. The Morgan fingerprint density at radius 3 is 2.47 bits per heavy atom. The maximum atomic E-state index is 11.9.